The Labute approximate surface area is 146 Å². The van der Waals surface area contributed by atoms with E-state index in [0.717, 1.165) is 0 Å². The third-order valence-electron chi connectivity index (χ3n) is 2.72. The molecule has 0 unspecified atom stereocenters. The van der Waals surface area contributed by atoms with Crippen LogP contribution in [0.25, 0.3) is 0 Å². The number of benzene rings is 1. The SMILES string of the molecule is CCOP(=O)(COS(=O)(=O)c1c(OC)ccc(Cl)c1OC)OCC. The monoisotopic (exact) mass is 402 g/mol. The van der Waals surface area contributed by atoms with Gasteiger partial charge in [-0.3, -0.25) is 8.75 Å². The first-order chi connectivity index (χ1) is 11.2. The highest BCUT2D eigenvalue weighted by atomic mass is 35.5. The molecule has 0 N–H and O–H groups in total. The van der Waals surface area contributed by atoms with Gasteiger partial charge >= 0.3 is 17.7 Å². The van der Waals surface area contributed by atoms with Gasteiger partial charge in [-0.1, -0.05) is 11.6 Å². The van der Waals surface area contributed by atoms with Gasteiger partial charge in [-0.05, 0) is 26.0 Å². The van der Waals surface area contributed by atoms with Crippen LogP contribution >= 0.6 is 19.2 Å². The van der Waals surface area contributed by atoms with Gasteiger partial charge in [0.15, 0.2) is 17.0 Å². The van der Waals surface area contributed by atoms with Gasteiger partial charge in [-0.25, -0.2) is 0 Å². The molecule has 24 heavy (non-hydrogen) atoms. The first-order valence-electron chi connectivity index (χ1n) is 6.92. The Bertz CT molecular complexity index is 696. The van der Waals surface area contributed by atoms with E-state index in [1.807, 2.05) is 0 Å². The Morgan fingerprint density at radius 1 is 1.08 bits per heavy atom. The predicted molar refractivity (Wildman–Crippen MR) is 88.6 cm³/mol. The average Bonchev–Trinajstić information content (AvgIpc) is 2.53. The van der Waals surface area contributed by atoms with Crippen LogP contribution in [0.4, 0.5) is 0 Å². The third-order valence-corrected chi connectivity index (χ3v) is 6.26. The fourth-order valence-electron chi connectivity index (χ4n) is 1.81. The largest absolute Gasteiger partial charge is 0.495 e. The van der Waals surface area contributed by atoms with E-state index in [4.69, 9.17) is 34.3 Å². The fraction of sp³-hybridized carbons (Fsp3) is 0.538. The Kier molecular flexibility index (Phi) is 7.98. The molecule has 0 bridgehead atoms. The molecular weight excluding hydrogens is 383 g/mol. The Morgan fingerprint density at radius 2 is 1.67 bits per heavy atom. The average molecular weight is 403 g/mol. The van der Waals surface area contributed by atoms with Crippen LogP contribution in [-0.4, -0.2) is 42.2 Å². The van der Waals surface area contributed by atoms with E-state index < -0.39 is 29.0 Å². The molecule has 0 radical (unpaired) electrons. The summed E-state index contributed by atoms with van der Waals surface area (Å²) in [4.78, 5) is -0.403. The minimum absolute atomic E-state index is 0.0288. The second-order valence-electron chi connectivity index (χ2n) is 4.26. The maximum Gasteiger partial charge on any atom is 0.357 e. The molecule has 11 heteroatoms. The van der Waals surface area contributed by atoms with Crippen molar-refractivity contribution in [1.82, 2.24) is 0 Å². The minimum atomic E-state index is -4.40. The molecule has 0 fully saturated rings. The summed E-state index contributed by atoms with van der Waals surface area (Å²) in [6, 6.07) is 2.77. The summed E-state index contributed by atoms with van der Waals surface area (Å²) in [5.41, 5.74) is 0. The molecular formula is C13H20ClO8PS. The van der Waals surface area contributed by atoms with Crippen LogP contribution in [-0.2, 0) is 27.9 Å². The standard InChI is InChI=1S/C13H20ClO8PS/c1-5-20-23(15,21-6-2)9-22-24(16,17)13-11(18-3)8-7-10(14)12(13)19-4/h7-8H,5-6,9H2,1-4H3. The van der Waals surface area contributed by atoms with Crippen molar-refractivity contribution in [2.75, 3.05) is 33.8 Å². The van der Waals surface area contributed by atoms with Crippen molar-refractivity contribution in [2.45, 2.75) is 18.7 Å². The molecule has 0 spiro atoms. The normalized spacial score (nSPS) is 12.2. The first kappa shape index (κ1) is 21.2. The van der Waals surface area contributed by atoms with Gasteiger partial charge in [0.1, 0.15) is 5.75 Å². The highest BCUT2D eigenvalue weighted by Gasteiger charge is 2.33. The molecule has 0 amide bonds. The lowest BCUT2D eigenvalue weighted by molar-refractivity contribution is 0.197. The summed E-state index contributed by atoms with van der Waals surface area (Å²) >= 11 is 5.95. The minimum Gasteiger partial charge on any atom is -0.495 e. The van der Waals surface area contributed by atoms with Gasteiger partial charge in [-0.15, -0.1) is 0 Å². The van der Waals surface area contributed by atoms with Crippen LogP contribution in [0.3, 0.4) is 0 Å². The molecule has 0 atom stereocenters. The second-order valence-corrected chi connectivity index (χ2v) is 8.22. The van der Waals surface area contributed by atoms with Crippen molar-refractivity contribution < 1.29 is 35.7 Å². The molecule has 0 aromatic heterocycles. The van der Waals surface area contributed by atoms with Gasteiger partial charge in [-0.2, -0.15) is 8.42 Å². The van der Waals surface area contributed by atoms with Gasteiger partial charge in [0.25, 0.3) is 0 Å². The van der Waals surface area contributed by atoms with Crippen LogP contribution in [0.2, 0.25) is 5.02 Å². The molecule has 1 aromatic carbocycles. The highest BCUT2D eigenvalue weighted by Crippen LogP contribution is 2.49. The Hall–Kier alpha value is -0.830. The molecule has 1 rings (SSSR count). The van der Waals surface area contributed by atoms with Crippen molar-refractivity contribution in [3.8, 4) is 11.5 Å². The molecule has 0 aliphatic rings. The van der Waals surface area contributed by atoms with E-state index >= 15 is 0 Å². The lowest BCUT2D eigenvalue weighted by atomic mass is 10.3. The number of halogens is 1. The van der Waals surface area contributed by atoms with Crippen LogP contribution < -0.4 is 9.47 Å². The number of methoxy groups -OCH3 is 2. The number of hydrogen-bond acceptors (Lipinski definition) is 8. The quantitative estimate of drug-likeness (QED) is 0.434. The smallest absolute Gasteiger partial charge is 0.357 e. The predicted octanol–water partition coefficient (Wildman–Crippen LogP) is 3.29. The highest BCUT2D eigenvalue weighted by molar-refractivity contribution is 7.87. The number of ether oxygens (including phenoxy) is 2. The molecule has 0 aliphatic carbocycles. The molecule has 1 aromatic rings. The van der Waals surface area contributed by atoms with Crippen LogP contribution in [0, 0.1) is 0 Å². The van der Waals surface area contributed by atoms with Crippen molar-refractivity contribution in [1.29, 1.82) is 0 Å². The Morgan fingerprint density at radius 3 is 2.12 bits per heavy atom. The van der Waals surface area contributed by atoms with E-state index in [1.54, 1.807) is 13.8 Å². The van der Waals surface area contributed by atoms with E-state index in [0.29, 0.717) is 0 Å². The molecule has 0 saturated carbocycles. The van der Waals surface area contributed by atoms with E-state index in [9.17, 15) is 13.0 Å². The van der Waals surface area contributed by atoms with Crippen LogP contribution in [0.1, 0.15) is 13.8 Å². The van der Waals surface area contributed by atoms with Gasteiger partial charge in [0.05, 0.1) is 32.5 Å². The van der Waals surface area contributed by atoms with Crippen molar-refractivity contribution in [3.05, 3.63) is 17.2 Å². The van der Waals surface area contributed by atoms with E-state index in [-0.39, 0.29) is 29.7 Å². The zero-order valence-electron chi connectivity index (χ0n) is 13.8. The molecule has 138 valence electrons. The number of hydrogen-bond donors (Lipinski definition) is 0. The topological polar surface area (TPSA) is 97.4 Å². The van der Waals surface area contributed by atoms with Crippen molar-refractivity contribution in [3.63, 3.8) is 0 Å². The first-order valence-corrected chi connectivity index (χ1v) is 10.4. The van der Waals surface area contributed by atoms with E-state index in [1.165, 1.54) is 26.4 Å². The molecule has 0 heterocycles. The maximum absolute atomic E-state index is 12.5. The van der Waals surface area contributed by atoms with Crippen LogP contribution in [0.15, 0.2) is 17.0 Å². The second kappa shape index (κ2) is 9.03. The van der Waals surface area contributed by atoms with Crippen LogP contribution in [0.5, 0.6) is 11.5 Å². The Balaban J connectivity index is 3.22. The third kappa shape index (κ3) is 5.08. The van der Waals surface area contributed by atoms with E-state index in [2.05, 4.69) is 0 Å². The molecule has 0 saturated heterocycles. The molecule has 8 nitrogen and oxygen atoms in total. The lowest BCUT2D eigenvalue weighted by Gasteiger charge is -2.18. The van der Waals surface area contributed by atoms with Crippen molar-refractivity contribution >= 4 is 29.3 Å². The zero-order valence-corrected chi connectivity index (χ0v) is 16.2. The van der Waals surface area contributed by atoms with Crippen molar-refractivity contribution in [2.24, 2.45) is 0 Å². The summed E-state index contributed by atoms with van der Waals surface area (Å²) in [6.45, 7) is 3.35. The fourth-order valence-corrected chi connectivity index (χ4v) is 5.11. The summed E-state index contributed by atoms with van der Waals surface area (Å²) in [5.74, 6) is -0.169. The summed E-state index contributed by atoms with van der Waals surface area (Å²) in [5, 5.41) is 0.0540. The summed E-state index contributed by atoms with van der Waals surface area (Å²) < 4.78 is 62.3. The summed E-state index contributed by atoms with van der Waals surface area (Å²) in [7, 11) is -5.58. The van der Waals surface area contributed by atoms with Gasteiger partial charge in [0, 0.05) is 0 Å². The zero-order chi connectivity index (χ0) is 18.4. The maximum atomic E-state index is 12.5. The van der Waals surface area contributed by atoms with Gasteiger partial charge < -0.3 is 18.5 Å². The summed E-state index contributed by atoms with van der Waals surface area (Å²) in [6.07, 6.45) is -0.782. The lowest BCUT2D eigenvalue weighted by Crippen LogP contribution is -2.13. The number of rotatable bonds is 10. The molecule has 0 aliphatic heterocycles. The van der Waals surface area contributed by atoms with Gasteiger partial charge in [0.2, 0.25) is 0 Å².